The number of hydrogen-bond acceptors (Lipinski definition) is 3. The highest BCUT2D eigenvalue weighted by Crippen LogP contribution is 2.06. The molecule has 124 valence electrons. The van der Waals surface area contributed by atoms with E-state index in [4.69, 9.17) is 10.5 Å². The minimum Gasteiger partial charge on any atom is -0.445 e. The van der Waals surface area contributed by atoms with Gasteiger partial charge in [0, 0.05) is 12.1 Å². The summed E-state index contributed by atoms with van der Waals surface area (Å²) in [7, 11) is 0. The van der Waals surface area contributed by atoms with E-state index in [0.29, 0.717) is 18.5 Å². The smallest absolute Gasteiger partial charge is 0.407 e. The molecule has 0 aliphatic carbocycles. The fourth-order valence-corrected chi connectivity index (χ4v) is 2.01. The van der Waals surface area contributed by atoms with E-state index in [9.17, 15) is 9.59 Å². The van der Waals surface area contributed by atoms with Gasteiger partial charge in [0.05, 0.1) is 0 Å². The molecule has 0 aliphatic rings. The van der Waals surface area contributed by atoms with Gasteiger partial charge in [-0.25, -0.2) is 4.79 Å². The van der Waals surface area contributed by atoms with Crippen molar-refractivity contribution in [3.05, 3.63) is 77.4 Å². The molecule has 0 saturated carbocycles. The molecule has 0 atom stereocenters. The van der Waals surface area contributed by atoms with Crippen molar-refractivity contribution >= 4 is 18.1 Å². The second-order valence-corrected chi connectivity index (χ2v) is 5.17. The standard InChI is InChI=1S/C19H20N2O3/c20-18(22)17-11-9-15(10-12-17)6-4-5-13-21-19(23)24-14-16-7-2-1-3-8-16/h1-4,6-12H,5,13-14H2,(H2,20,22)(H,21,23). The number of primary amides is 1. The van der Waals surface area contributed by atoms with Gasteiger partial charge in [-0.15, -0.1) is 0 Å². The van der Waals surface area contributed by atoms with E-state index in [-0.39, 0.29) is 6.61 Å². The van der Waals surface area contributed by atoms with Gasteiger partial charge in [0.25, 0.3) is 0 Å². The second kappa shape index (κ2) is 9.15. The van der Waals surface area contributed by atoms with Crippen LogP contribution in [0.2, 0.25) is 0 Å². The molecule has 0 saturated heterocycles. The molecular formula is C19H20N2O3. The number of rotatable bonds is 7. The number of ether oxygens (including phenoxy) is 1. The summed E-state index contributed by atoms with van der Waals surface area (Å²) in [4.78, 5) is 22.5. The molecule has 5 heteroatoms. The number of carbonyl (C=O) groups is 2. The summed E-state index contributed by atoms with van der Waals surface area (Å²) in [5.74, 6) is -0.441. The zero-order valence-corrected chi connectivity index (χ0v) is 13.3. The maximum absolute atomic E-state index is 11.5. The number of nitrogens with two attached hydrogens (primary N) is 1. The summed E-state index contributed by atoms with van der Waals surface area (Å²) in [6.45, 7) is 0.748. The van der Waals surface area contributed by atoms with Gasteiger partial charge in [-0.1, -0.05) is 54.6 Å². The van der Waals surface area contributed by atoms with Gasteiger partial charge in [0.15, 0.2) is 0 Å². The van der Waals surface area contributed by atoms with Crippen LogP contribution in [0.15, 0.2) is 60.7 Å². The van der Waals surface area contributed by atoms with Crippen molar-refractivity contribution in [3.63, 3.8) is 0 Å². The lowest BCUT2D eigenvalue weighted by Crippen LogP contribution is -2.24. The third-order valence-corrected chi connectivity index (χ3v) is 3.30. The highest BCUT2D eigenvalue weighted by Gasteiger charge is 2.01. The molecule has 0 fully saturated rings. The largest absolute Gasteiger partial charge is 0.445 e. The van der Waals surface area contributed by atoms with Gasteiger partial charge < -0.3 is 15.8 Å². The molecule has 0 aliphatic heterocycles. The number of carbonyl (C=O) groups excluding carboxylic acids is 2. The monoisotopic (exact) mass is 324 g/mol. The zero-order chi connectivity index (χ0) is 17.2. The Morgan fingerprint density at radius 1 is 1.04 bits per heavy atom. The van der Waals surface area contributed by atoms with Gasteiger partial charge in [-0.2, -0.15) is 0 Å². The van der Waals surface area contributed by atoms with E-state index in [0.717, 1.165) is 11.1 Å². The van der Waals surface area contributed by atoms with E-state index in [2.05, 4.69) is 5.32 Å². The van der Waals surface area contributed by atoms with Crippen LogP contribution in [0.3, 0.4) is 0 Å². The van der Waals surface area contributed by atoms with E-state index in [1.54, 1.807) is 12.1 Å². The molecule has 3 N–H and O–H groups in total. The summed E-state index contributed by atoms with van der Waals surface area (Å²) in [6, 6.07) is 16.5. The van der Waals surface area contributed by atoms with Crippen LogP contribution in [0.25, 0.3) is 6.08 Å². The van der Waals surface area contributed by atoms with E-state index >= 15 is 0 Å². The Bertz CT molecular complexity index is 694. The molecule has 2 rings (SSSR count). The average Bonchev–Trinajstić information content (AvgIpc) is 2.61. The van der Waals surface area contributed by atoms with Crippen molar-refractivity contribution in [2.24, 2.45) is 5.73 Å². The topological polar surface area (TPSA) is 81.4 Å². The quantitative estimate of drug-likeness (QED) is 0.768. The minimum absolute atomic E-state index is 0.259. The summed E-state index contributed by atoms with van der Waals surface area (Å²) in [6.07, 6.45) is 4.11. The highest BCUT2D eigenvalue weighted by atomic mass is 16.5. The van der Waals surface area contributed by atoms with Crippen LogP contribution < -0.4 is 11.1 Å². The molecule has 0 spiro atoms. The number of nitrogens with one attached hydrogen (secondary N) is 1. The summed E-state index contributed by atoms with van der Waals surface area (Å²) in [5, 5.41) is 2.69. The van der Waals surface area contributed by atoms with Crippen molar-refractivity contribution in [2.45, 2.75) is 13.0 Å². The summed E-state index contributed by atoms with van der Waals surface area (Å²) >= 11 is 0. The molecule has 2 amide bonds. The summed E-state index contributed by atoms with van der Waals surface area (Å²) < 4.78 is 5.11. The van der Waals surface area contributed by atoms with Crippen LogP contribution in [-0.4, -0.2) is 18.5 Å². The molecule has 24 heavy (non-hydrogen) atoms. The van der Waals surface area contributed by atoms with Crippen molar-refractivity contribution in [1.82, 2.24) is 5.32 Å². The average molecular weight is 324 g/mol. The molecule has 2 aromatic rings. The zero-order valence-electron chi connectivity index (χ0n) is 13.3. The first-order valence-corrected chi connectivity index (χ1v) is 7.66. The Balaban J connectivity index is 1.65. The van der Waals surface area contributed by atoms with Crippen molar-refractivity contribution in [1.29, 1.82) is 0 Å². The van der Waals surface area contributed by atoms with Gasteiger partial charge in [0.1, 0.15) is 6.61 Å². The van der Waals surface area contributed by atoms with Crippen molar-refractivity contribution in [2.75, 3.05) is 6.54 Å². The van der Waals surface area contributed by atoms with Crippen LogP contribution in [0.4, 0.5) is 4.79 Å². The van der Waals surface area contributed by atoms with Crippen LogP contribution in [0.5, 0.6) is 0 Å². The first-order chi connectivity index (χ1) is 11.6. The second-order valence-electron chi connectivity index (χ2n) is 5.17. The Labute approximate surface area is 141 Å². The van der Waals surface area contributed by atoms with Gasteiger partial charge in [0.2, 0.25) is 5.91 Å². The minimum atomic E-state index is -0.441. The predicted octanol–water partition coefficient (Wildman–Crippen LogP) is 3.12. The van der Waals surface area contributed by atoms with Crippen LogP contribution in [-0.2, 0) is 11.3 Å². The van der Waals surface area contributed by atoms with Gasteiger partial charge in [-0.3, -0.25) is 4.79 Å². The molecule has 0 aromatic heterocycles. The van der Waals surface area contributed by atoms with Crippen LogP contribution in [0, 0.1) is 0 Å². The summed E-state index contributed by atoms with van der Waals surface area (Å²) in [5.41, 5.74) is 7.58. The first-order valence-electron chi connectivity index (χ1n) is 7.66. The lowest BCUT2D eigenvalue weighted by Gasteiger charge is -2.05. The van der Waals surface area contributed by atoms with Crippen molar-refractivity contribution < 1.29 is 14.3 Å². The Hall–Kier alpha value is -3.08. The van der Waals surface area contributed by atoms with Crippen LogP contribution >= 0.6 is 0 Å². The molecular weight excluding hydrogens is 304 g/mol. The lowest BCUT2D eigenvalue weighted by molar-refractivity contribution is 0.1000. The number of amides is 2. The SMILES string of the molecule is NC(=O)c1ccc(C=CCCNC(=O)OCc2ccccc2)cc1. The molecule has 0 unspecified atom stereocenters. The maximum Gasteiger partial charge on any atom is 0.407 e. The fraction of sp³-hybridized carbons (Fsp3) is 0.158. The third kappa shape index (κ3) is 5.96. The highest BCUT2D eigenvalue weighted by molar-refractivity contribution is 5.92. The number of hydrogen-bond donors (Lipinski definition) is 2. The lowest BCUT2D eigenvalue weighted by atomic mass is 10.1. The molecule has 0 radical (unpaired) electrons. The Morgan fingerprint density at radius 2 is 1.75 bits per heavy atom. The van der Waals surface area contributed by atoms with E-state index < -0.39 is 12.0 Å². The first kappa shape index (κ1) is 17.3. The predicted molar refractivity (Wildman–Crippen MR) is 93.2 cm³/mol. The Kier molecular flexibility index (Phi) is 6.58. The van der Waals surface area contributed by atoms with Crippen LogP contribution in [0.1, 0.15) is 27.9 Å². The van der Waals surface area contributed by atoms with Gasteiger partial charge in [-0.05, 0) is 29.7 Å². The fourth-order valence-electron chi connectivity index (χ4n) is 2.01. The molecule has 5 nitrogen and oxygen atoms in total. The molecule has 2 aromatic carbocycles. The number of benzene rings is 2. The Morgan fingerprint density at radius 3 is 2.42 bits per heavy atom. The van der Waals surface area contributed by atoms with E-state index in [1.165, 1.54) is 0 Å². The van der Waals surface area contributed by atoms with Crippen molar-refractivity contribution in [3.8, 4) is 0 Å². The maximum atomic E-state index is 11.5. The number of alkyl carbamates (subject to hydrolysis) is 1. The van der Waals surface area contributed by atoms with E-state index in [1.807, 2.05) is 54.6 Å². The normalized spacial score (nSPS) is 10.5. The third-order valence-electron chi connectivity index (χ3n) is 3.30. The molecule has 0 bridgehead atoms. The van der Waals surface area contributed by atoms with Gasteiger partial charge >= 0.3 is 6.09 Å². The molecule has 0 heterocycles.